The highest BCUT2D eigenvalue weighted by atomic mass is 32.1. The van der Waals surface area contributed by atoms with E-state index >= 15 is 0 Å². The minimum absolute atomic E-state index is 0.535. The lowest BCUT2D eigenvalue weighted by molar-refractivity contribution is 0.423. The van der Waals surface area contributed by atoms with E-state index in [1.54, 1.807) is 11.3 Å². The summed E-state index contributed by atoms with van der Waals surface area (Å²) in [5.74, 6) is 1.79. The zero-order valence-corrected chi connectivity index (χ0v) is 15.2. The van der Waals surface area contributed by atoms with Gasteiger partial charge in [0.1, 0.15) is 5.82 Å². The molecule has 0 saturated heterocycles. The molecule has 0 saturated carbocycles. The average Bonchev–Trinajstić information content (AvgIpc) is 3.15. The number of nitrogens with zero attached hydrogens (tertiary/aromatic N) is 4. The maximum Gasteiger partial charge on any atom is 0.185 e. The van der Waals surface area contributed by atoms with Crippen LogP contribution in [0.3, 0.4) is 0 Å². The van der Waals surface area contributed by atoms with E-state index < -0.39 is 0 Å². The Bertz CT molecular complexity index is 629. The third-order valence-electron chi connectivity index (χ3n) is 4.51. The van der Waals surface area contributed by atoms with Crippen molar-refractivity contribution >= 4 is 16.5 Å². The van der Waals surface area contributed by atoms with Crippen LogP contribution < -0.4 is 10.2 Å². The summed E-state index contributed by atoms with van der Waals surface area (Å²) in [6, 6.07) is 0. The van der Waals surface area contributed by atoms with Gasteiger partial charge < -0.3 is 14.8 Å². The summed E-state index contributed by atoms with van der Waals surface area (Å²) in [7, 11) is 0. The monoisotopic (exact) mass is 333 g/mol. The minimum atomic E-state index is 0.535. The second-order valence-electron chi connectivity index (χ2n) is 6.19. The van der Waals surface area contributed by atoms with Gasteiger partial charge in [-0.2, -0.15) is 0 Å². The number of rotatable bonds is 7. The molecule has 0 amide bonds. The minimum Gasteiger partial charge on any atom is -0.349 e. The van der Waals surface area contributed by atoms with Crippen molar-refractivity contribution in [2.45, 2.75) is 52.6 Å². The zero-order chi connectivity index (χ0) is 16.2. The molecule has 5 nitrogen and oxygen atoms in total. The van der Waals surface area contributed by atoms with Crippen molar-refractivity contribution in [1.82, 2.24) is 19.9 Å². The molecular formula is C17H27N5S. The van der Waals surface area contributed by atoms with Gasteiger partial charge in [-0.25, -0.2) is 9.97 Å². The van der Waals surface area contributed by atoms with Gasteiger partial charge in [-0.05, 0) is 33.6 Å². The van der Waals surface area contributed by atoms with E-state index in [0.29, 0.717) is 5.92 Å². The third kappa shape index (κ3) is 3.75. The summed E-state index contributed by atoms with van der Waals surface area (Å²) in [5.41, 5.74) is 1.14. The molecule has 0 aliphatic carbocycles. The van der Waals surface area contributed by atoms with Gasteiger partial charge in [0.2, 0.25) is 0 Å². The van der Waals surface area contributed by atoms with E-state index in [2.05, 4.69) is 46.7 Å². The Balaban J connectivity index is 1.54. The Kier molecular flexibility index (Phi) is 5.33. The first-order chi connectivity index (χ1) is 11.2. The second kappa shape index (κ2) is 7.45. The van der Waals surface area contributed by atoms with Crippen LogP contribution >= 0.6 is 11.3 Å². The van der Waals surface area contributed by atoms with Crippen molar-refractivity contribution in [3.63, 3.8) is 0 Å². The molecule has 1 aliphatic rings. The lowest BCUT2D eigenvalue weighted by atomic mass is 9.99. The van der Waals surface area contributed by atoms with Crippen LogP contribution in [0.15, 0.2) is 12.4 Å². The van der Waals surface area contributed by atoms with Crippen LogP contribution in [0.25, 0.3) is 0 Å². The van der Waals surface area contributed by atoms with Gasteiger partial charge in [0.05, 0.1) is 5.69 Å². The number of aryl methyl sites for hydroxylation is 2. The topological polar surface area (TPSA) is 46.0 Å². The maximum absolute atomic E-state index is 4.71. The van der Waals surface area contributed by atoms with E-state index in [0.717, 1.165) is 43.5 Å². The molecule has 126 valence electrons. The number of imidazole rings is 1. The van der Waals surface area contributed by atoms with Crippen molar-refractivity contribution in [2.75, 3.05) is 24.5 Å². The van der Waals surface area contributed by atoms with Crippen molar-refractivity contribution in [3.8, 4) is 0 Å². The maximum atomic E-state index is 4.71. The van der Waals surface area contributed by atoms with E-state index in [4.69, 9.17) is 4.98 Å². The molecule has 1 aliphatic heterocycles. The van der Waals surface area contributed by atoms with Crippen molar-refractivity contribution < 1.29 is 0 Å². The molecule has 1 atom stereocenters. The van der Waals surface area contributed by atoms with Crippen LogP contribution in [0.5, 0.6) is 0 Å². The molecule has 1 unspecified atom stereocenters. The SMILES string of the molecule is CCN(CC)c1ncc(CNCC2CCCn3cc(C)nc32)s1. The van der Waals surface area contributed by atoms with E-state index in [-0.39, 0.29) is 0 Å². The second-order valence-corrected chi connectivity index (χ2v) is 7.28. The molecule has 6 heteroatoms. The normalized spacial score (nSPS) is 17.3. The Morgan fingerprint density at radius 1 is 1.39 bits per heavy atom. The summed E-state index contributed by atoms with van der Waals surface area (Å²) in [6.45, 7) is 11.5. The van der Waals surface area contributed by atoms with Crippen LogP contribution in [0.4, 0.5) is 5.13 Å². The molecule has 0 radical (unpaired) electrons. The van der Waals surface area contributed by atoms with Crippen LogP contribution in [-0.2, 0) is 13.1 Å². The molecule has 23 heavy (non-hydrogen) atoms. The number of hydrogen-bond acceptors (Lipinski definition) is 5. The number of thiazole rings is 1. The van der Waals surface area contributed by atoms with E-state index in [1.807, 2.05) is 6.20 Å². The predicted octanol–water partition coefficient (Wildman–Crippen LogP) is 3.16. The number of anilines is 1. The van der Waals surface area contributed by atoms with Gasteiger partial charge in [0.25, 0.3) is 0 Å². The lowest BCUT2D eigenvalue weighted by Crippen LogP contribution is -2.26. The molecule has 0 bridgehead atoms. The number of fused-ring (bicyclic) bond motifs is 1. The van der Waals surface area contributed by atoms with Crippen LogP contribution in [-0.4, -0.2) is 34.2 Å². The highest BCUT2D eigenvalue weighted by Crippen LogP contribution is 2.26. The summed E-state index contributed by atoms with van der Waals surface area (Å²) < 4.78 is 2.33. The molecule has 2 aromatic heterocycles. The number of hydrogen-bond donors (Lipinski definition) is 1. The highest BCUT2D eigenvalue weighted by molar-refractivity contribution is 7.15. The molecule has 3 heterocycles. The largest absolute Gasteiger partial charge is 0.349 e. The quantitative estimate of drug-likeness (QED) is 0.845. The van der Waals surface area contributed by atoms with E-state index in [1.165, 1.54) is 23.5 Å². The van der Waals surface area contributed by atoms with Crippen LogP contribution in [0.2, 0.25) is 0 Å². The molecule has 1 N–H and O–H groups in total. The first-order valence-electron chi connectivity index (χ1n) is 8.65. The Labute approximate surface area is 142 Å². The molecule has 0 fully saturated rings. The summed E-state index contributed by atoms with van der Waals surface area (Å²) in [4.78, 5) is 12.9. The van der Waals surface area contributed by atoms with Gasteiger partial charge in [0.15, 0.2) is 5.13 Å². The first-order valence-corrected chi connectivity index (χ1v) is 9.47. The Morgan fingerprint density at radius 2 is 2.22 bits per heavy atom. The first kappa shape index (κ1) is 16.5. The fourth-order valence-corrected chi connectivity index (χ4v) is 4.30. The standard InChI is InChI=1S/C17H27N5S/c1-4-21(5-2)17-19-11-15(23-17)10-18-9-14-7-6-8-22-12-13(3)20-16(14)22/h11-12,14,18H,4-10H2,1-3H3. The van der Waals surface area contributed by atoms with Gasteiger partial charge in [0, 0.05) is 55.9 Å². The summed E-state index contributed by atoms with van der Waals surface area (Å²) in [6.07, 6.45) is 6.68. The lowest BCUT2D eigenvalue weighted by Gasteiger charge is -2.23. The number of nitrogens with one attached hydrogen (secondary N) is 1. The molecule has 0 spiro atoms. The van der Waals surface area contributed by atoms with Crippen LogP contribution in [0.1, 0.15) is 49.0 Å². The highest BCUT2D eigenvalue weighted by Gasteiger charge is 2.22. The smallest absolute Gasteiger partial charge is 0.185 e. The summed E-state index contributed by atoms with van der Waals surface area (Å²) in [5, 5.41) is 4.74. The van der Waals surface area contributed by atoms with Gasteiger partial charge >= 0.3 is 0 Å². The summed E-state index contributed by atoms with van der Waals surface area (Å²) >= 11 is 1.80. The number of aromatic nitrogens is 3. The van der Waals surface area contributed by atoms with Gasteiger partial charge in [-0.1, -0.05) is 0 Å². The van der Waals surface area contributed by atoms with Crippen molar-refractivity contribution in [3.05, 3.63) is 28.8 Å². The van der Waals surface area contributed by atoms with Crippen molar-refractivity contribution in [2.24, 2.45) is 0 Å². The Morgan fingerprint density at radius 3 is 3.00 bits per heavy atom. The molecule has 0 aromatic carbocycles. The fraction of sp³-hybridized carbons (Fsp3) is 0.647. The average molecular weight is 334 g/mol. The predicted molar refractivity (Wildman–Crippen MR) is 96.3 cm³/mol. The molecule has 2 aromatic rings. The van der Waals surface area contributed by atoms with E-state index in [9.17, 15) is 0 Å². The molecule has 3 rings (SSSR count). The zero-order valence-electron chi connectivity index (χ0n) is 14.4. The fourth-order valence-electron chi connectivity index (χ4n) is 3.29. The van der Waals surface area contributed by atoms with Gasteiger partial charge in [-0.15, -0.1) is 11.3 Å². The molecular weight excluding hydrogens is 306 g/mol. The van der Waals surface area contributed by atoms with Crippen LogP contribution in [0, 0.1) is 6.92 Å². The van der Waals surface area contributed by atoms with Gasteiger partial charge in [-0.3, -0.25) is 0 Å². The van der Waals surface area contributed by atoms with Crippen molar-refractivity contribution in [1.29, 1.82) is 0 Å². The third-order valence-corrected chi connectivity index (χ3v) is 5.57. The Hall–Kier alpha value is -1.40.